The maximum absolute atomic E-state index is 12.1. The fourth-order valence-corrected chi connectivity index (χ4v) is 1.95. The first kappa shape index (κ1) is 21.2. The van der Waals surface area contributed by atoms with Crippen LogP contribution in [0.5, 0.6) is 11.5 Å². The number of anilines is 1. The van der Waals surface area contributed by atoms with Gasteiger partial charge in [-0.3, -0.25) is 4.79 Å². The Morgan fingerprint density at radius 1 is 1.22 bits per heavy atom. The second-order valence-corrected chi connectivity index (χ2v) is 4.58. The largest absolute Gasteiger partial charge is 0.491 e. The summed E-state index contributed by atoms with van der Waals surface area (Å²) in [5.41, 5.74) is 0.740. The molecule has 0 radical (unpaired) electrons. The molecule has 1 atom stereocenters. The van der Waals surface area contributed by atoms with E-state index >= 15 is 0 Å². The quantitative estimate of drug-likeness (QED) is 0.791. The molecule has 23 heavy (non-hydrogen) atoms. The maximum atomic E-state index is 12.1. The number of ether oxygens (including phenoxy) is 3. The molecule has 1 aromatic carbocycles. The fourth-order valence-electron chi connectivity index (χ4n) is 1.95. The molecule has 0 aliphatic carbocycles. The predicted octanol–water partition coefficient (Wildman–Crippen LogP) is 3.76. The van der Waals surface area contributed by atoms with Crippen molar-refractivity contribution in [2.75, 3.05) is 38.9 Å². The van der Waals surface area contributed by atoms with Crippen LogP contribution in [0, 0.1) is 5.92 Å². The molecule has 0 bridgehead atoms. The van der Waals surface area contributed by atoms with E-state index in [-0.39, 0.29) is 11.8 Å². The van der Waals surface area contributed by atoms with E-state index in [0.717, 1.165) is 5.69 Å². The van der Waals surface area contributed by atoms with Crippen molar-refractivity contribution < 1.29 is 19.0 Å². The lowest BCUT2D eigenvalue weighted by molar-refractivity contribution is -0.122. The Labute approximate surface area is 140 Å². The highest BCUT2D eigenvalue weighted by molar-refractivity contribution is 5.96. The zero-order chi connectivity index (χ0) is 17.8. The van der Waals surface area contributed by atoms with Gasteiger partial charge in [0.15, 0.2) is 0 Å². The molecule has 0 saturated carbocycles. The molecule has 0 saturated heterocycles. The monoisotopic (exact) mass is 325 g/mol. The molecule has 1 aliphatic rings. The van der Waals surface area contributed by atoms with Crippen molar-refractivity contribution in [2.24, 2.45) is 5.92 Å². The van der Waals surface area contributed by atoms with Crippen LogP contribution in [0.15, 0.2) is 18.2 Å². The van der Waals surface area contributed by atoms with Gasteiger partial charge in [-0.1, -0.05) is 34.6 Å². The van der Waals surface area contributed by atoms with E-state index in [2.05, 4.69) is 0 Å². The molecule has 132 valence electrons. The maximum Gasteiger partial charge on any atom is 0.233 e. The van der Waals surface area contributed by atoms with E-state index in [1.54, 1.807) is 19.1 Å². The lowest BCUT2D eigenvalue weighted by Crippen LogP contribution is -2.31. The first-order chi connectivity index (χ1) is 11.1. The molecule has 1 aromatic rings. The van der Waals surface area contributed by atoms with Gasteiger partial charge in [-0.2, -0.15) is 0 Å². The molecule has 0 aromatic heterocycles. The van der Waals surface area contributed by atoms with Crippen LogP contribution < -0.4 is 14.4 Å². The summed E-state index contributed by atoms with van der Waals surface area (Å²) in [5.74, 6) is 1.32. The highest BCUT2D eigenvalue weighted by Gasteiger charge is 2.26. The molecule has 5 heteroatoms. The molecule has 2 rings (SSSR count). The second kappa shape index (κ2) is 11.8. The molecule has 5 nitrogen and oxygen atoms in total. The number of benzene rings is 1. The summed E-state index contributed by atoms with van der Waals surface area (Å²) in [4.78, 5) is 13.7. The molecule has 0 spiro atoms. The number of nitrogens with zero attached hydrogens (tertiary/aromatic N) is 1. The van der Waals surface area contributed by atoms with Crippen LogP contribution in [0.3, 0.4) is 0 Å². The summed E-state index contributed by atoms with van der Waals surface area (Å²) < 4.78 is 16.1. The number of carbonyl (C=O) groups excluding carboxylic acids is 1. The van der Waals surface area contributed by atoms with E-state index in [9.17, 15) is 4.79 Å². The highest BCUT2D eigenvalue weighted by atomic mass is 16.5. The lowest BCUT2D eigenvalue weighted by atomic mass is 10.1. The number of rotatable bonds is 4. The first-order valence-electron chi connectivity index (χ1n) is 8.29. The number of methoxy groups -OCH3 is 1. The zero-order valence-corrected chi connectivity index (χ0v) is 15.5. The Morgan fingerprint density at radius 3 is 2.48 bits per heavy atom. The minimum Gasteiger partial charge on any atom is -0.491 e. The molecular weight excluding hydrogens is 294 g/mol. The van der Waals surface area contributed by atoms with Crippen molar-refractivity contribution in [1.29, 1.82) is 0 Å². The van der Waals surface area contributed by atoms with Gasteiger partial charge in [-0.05, 0) is 12.1 Å². The molecule has 1 amide bonds. The number of carbonyl (C=O) groups is 1. The minimum absolute atomic E-state index is 0.0489. The van der Waals surface area contributed by atoms with Gasteiger partial charge >= 0.3 is 0 Å². The van der Waals surface area contributed by atoms with Crippen molar-refractivity contribution in [1.82, 2.24) is 0 Å². The summed E-state index contributed by atoms with van der Waals surface area (Å²) in [6, 6.07) is 5.49. The minimum atomic E-state index is -0.143. The van der Waals surface area contributed by atoms with Crippen LogP contribution >= 0.6 is 0 Å². The predicted molar refractivity (Wildman–Crippen MR) is 94.6 cm³/mol. The topological polar surface area (TPSA) is 48.0 Å². The Morgan fingerprint density at radius 2 is 1.87 bits per heavy atom. The van der Waals surface area contributed by atoms with Gasteiger partial charge in [0.2, 0.25) is 5.91 Å². The molecular formula is C18H31NO4. The normalized spacial score (nSPS) is 15.9. The van der Waals surface area contributed by atoms with Crippen LogP contribution in [0.2, 0.25) is 0 Å². The summed E-state index contributed by atoms with van der Waals surface area (Å²) in [6.07, 6.45) is 0. The van der Waals surface area contributed by atoms with Crippen molar-refractivity contribution in [3.8, 4) is 11.5 Å². The summed E-state index contributed by atoms with van der Waals surface area (Å²) in [5, 5.41) is 0. The number of fused-ring (bicyclic) bond motifs is 1. The Bertz CT molecular complexity index is 462. The smallest absolute Gasteiger partial charge is 0.233 e. The van der Waals surface area contributed by atoms with E-state index in [4.69, 9.17) is 14.2 Å². The number of hydrogen-bond donors (Lipinski definition) is 0. The Kier molecular flexibility index (Phi) is 10.9. The van der Waals surface area contributed by atoms with Gasteiger partial charge in [0.1, 0.15) is 18.1 Å². The first-order valence-corrected chi connectivity index (χ1v) is 8.29. The number of hydrogen-bond acceptors (Lipinski definition) is 4. The van der Waals surface area contributed by atoms with Crippen LogP contribution in [0.1, 0.15) is 34.6 Å². The molecule has 0 unspecified atom stereocenters. The third-order valence-corrected chi connectivity index (χ3v) is 3.09. The van der Waals surface area contributed by atoms with Gasteiger partial charge in [0.25, 0.3) is 0 Å². The zero-order valence-electron chi connectivity index (χ0n) is 15.5. The van der Waals surface area contributed by atoms with Gasteiger partial charge in [-0.15, -0.1) is 0 Å². The van der Waals surface area contributed by atoms with Gasteiger partial charge < -0.3 is 19.1 Å². The highest BCUT2D eigenvalue weighted by Crippen LogP contribution is 2.34. The van der Waals surface area contributed by atoms with E-state index < -0.39 is 0 Å². The van der Waals surface area contributed by atoms with Crippen LogP contribution in [-0.2, 0) is 9.53 Å². The fraction of sp³-hybridized carbons (Fsp3) is 0.611. The summed E-state index contributed by atoms with van der Waals surface area (Å²) >= 11 is 0. The van der Waals surface area contributed by atoms with Crippen LogP contribution in [0.25, 0.3) is 0 Å². The molecule has 0 N–H and O–H groups in total. The Balaban J connectivity index is 0.00000112. The molecule has 0 fully saturated rings. The van der Waals surface area contributed by atoms with Crippen molar-refractivity contribution in [3.63, 3.8) is 0 Å². The average molecular weight is 325 g/mol. The van der Waals surface area contributed by atoms with Crippen molar-refractivity contribution in [3.05, 3.63) is 18.2 Å². The third-order valence-electron chi connectivity index (χ3n) is 3.09. The van der Waals surface area contributed by atoms with Crippen LogP contribution in [0.4, 0.5) is 5.69 Å². The standard InChI is InChI=1S/C14H19NO4.2C2H6/c1-10-9-19-13-5-4-11(18-7-6-17-3)8-12(13)15(2)14(10)16;2*1-2/h4-5,8,10H,6-7,9H2,1-3H3;2*1-2H3/t10-;;/m0../s1. The van der Waals surface area contributed by atoms with Gasteiger partial charge in [0, 0.05) is 20.2 Å². The molecule has 1 heterocycles. The lowest BCUT2D eigenvalue weighted by Gasteiger charge is -2.18. The van der Waals surface area contributed by atoms with E-state index in [1.165, 1.54) is 0 Å². The van der Waals surface area contributed by atoms with Gasteiger partial charge in [0.05, 0.1) is 24.8 Å². The van der Waals surface area contributed by atoms with Crippen molar-refractivity contribution >= 4 is 11.6 Å². The average Bonchev–Trinajstić information content (AvgIpc) is 2.71. The van der Waals surface area contributed by atoms with E-state index in [0.29, 0.717) is 31.3 Å². The number of amides is 1. The summed E-state index contributed by atoms with van der Waals surface area (Å²) in [6.45, 7) is 11.3. The SMILES string of the molecule is CC.CC.COCCOc1ccc2c(c1)N(C)C(=O)[C@@H](C)CO2. The third kappa shape index (κ3) is 6.10. The van der Waals surface area contributed by atoms with Crippen LogP contribution in [-0.4, -0.2) is 39.9 Å². The summed E-state index contributed by atoms with van der Waals surface area (Å²) in [7, 11) is 3.38. The van der Waals surface area contributed by atoms with Crippen molar-refractivity contribution in [2.45, 2.75) is 34.6 Å². The van der Waals surface area contributed by atoms with E-state index in [1.807, 2.05) is 52.8 Å². The van der Waals surface area contributed by atoms with Gasteiger partial charge in [-0.25, -0.2) is 0 Å². The molecule has 1 aliphatic heterocycles. The Hall–Kier alpha value is -1.75. The second-order valence-electron chi connectivity index (χ2n) is 4.58.